The van der Waals surface area contributed by atoms with Gasteiger partial charge in [-0.05, 0) is 157 Å². The minimum absolute atomic E-state index is 0.0713. The van der Waals surface area contributed by atoms with Crippen LogP contribution in [0.3, 0.4) is 0 Å². The molecule has 6 aromatic rings. The number of rotatable bonds is 10. The van der Waals surface area contributed by atoms with Crippen LogP contribution in [0.1, 0.15) is 114 Å². The molecule has 0 spiro atoms. The van der Waals surface area contributed by atoms with E-state index in [1.807, 2.05) is 114 Å². The number of pyridine rings is 2. The van der Waals surface area contributed by atoms with Crippen LogP contribution in [0.4, 0.5) is 11.4 Å². The van der Waals surface area contributed by atoms with Gasteiger partial charge in [-0.3, -0.25) is 24.5 Å². The Labute approximate surface area is 398 Å². The SMILES string of the molecule is Cc1ccc(C(=O)N2CCC(c3ccc(C#N)cc3)CC2)cc1CC(=S)Cc1cnccc1N.Cc1ccc(C(=O)N2CCC(c3ccc(C#N)cc3)CC2)cc1CC1=Nc2cnccc2C1. The van der Waals surface area contributed by atoms with Crippen LogP contribution in [0.5, 0.6) is 0 Å². The molecule has 5 heterocycles. The molecule has 2 aromatic heterocycles. The van der Waals surface area contributed by atoms with Gasteiger partial charge in [-0.25, -0.2) is 0 Å². The average molecular weight is 903 g/mol. The van der Waals surface area contributed by atoms with E-state index in [1.54, 1.807) is 18.5 Å². The number of nitrogens with two attached hydrogens (primary N) is 1. The van der Waals surface area contributed by atoms with Crippen molar-refractivity contribution >= 4 is 46.0 Å². The van der Waals surface area contributed by atoms with E-state index in [0.717, 1.165) is 109 Å². The van der Waals surface area contributed by atoms with E-state index >= 15 is 0 Å². The summed E-state index contributed by atoms with van der Waals surface area (Å²) in [4.78, 5) is 44.3. The number of hydrogen-bond acceptors (Lipinski definition) is 9. The number of likely N-dealkylation sites (tertiary alicyclic amines) is 2. The zero-order valence-corrected chi connectivity index (χ0v) is 38.9. The molecule has 0 radical (unpaired) electrons. The van der Waals surface area contributed by atoms with Gasteiger partial charge in [0.05, 0.1) is 35.1 Å². The summed E-state index contributed by atoms with van der Waals surface area (Å²) in [6.07, 6.45) is 13.6. The number of anilines is 1. The van der Waals surface area contributed by atoms with Gasteiger partial charge >= 0.3 is 0 Å². The standard InChI is InChI=1S/C28H28N4OS.C28H26N4O/c1-19-2-5-23(14-24(19)15-26(34)16-25-18-31-11-8-27(25)30)28(33)32-12-9-22(10-13-32)21-6-3-20(17-29)4-7-21;1-19-2-5-24(14-25(19)16-26-15-23-8-11-30-18-27(23)31-26)28(33)32-12-9-22(10-13-32)21-6-3-20(17-29)4-7-21/h2-8,11,14,18,22H,9-10,12-13,15-16H2,1H3,(H2,30,31);2-8,11,14,18,22H,9-10,12-13,15-16H2,1H3. The molecule has 2 saturated heterocycles. The molecule has 0 atom stereocenters. The Bertz CT molecular complexity index is 2900. The zero-order chi connectivity index (χ0) is 46.9. The number of hydrogen-bond donors (Lipinski definition) is 1. The number of thiocarbonyl (C=S) groups is 1. The lowest BCUT2D eigenvalue weighted by molar-refractivity contribution is 0.0705. The van der Waals surface area contributed by atoms with E-state index in [2.05, 4.69) is 35.1 Å². The number of aliphatic imine (C=N–C) groups is 1. The molecule has 0 unspecified atom stereocenters. The first-order valence-corrected chi connectivity index (χ1v) is 23.4. The second-order valence-electron chi connectivity index (χ2n) is 17.9. The Morgan fingerprint density at radius 3 is 1.67 bits per heavy atom. The third-order valence-corrected chi connectivity index (χ3v) is 13.7. The topological polar surface area (TPSA) is 152 Å². The number of aryl methyl sites for hydroxylation is 2. The van der Waals surface area contributed by atoms with Crippen LogP contribution in [0.15, 0.2) is 127 Å². The fourth-order valence-electron chi connectivity index (χ4n) is 9.34. The summed E-state index contributed by atoms with van der Waals surface area (Å²) >= 11 is 5.65. The van der Waals surface area contributed by atoms with Gasteiger partial charge in [0.2, 0.25) is 0 Å². The van der Waals surface area contributed by atoms with Gasteiger partial charge in [-0.1, -0.05) is 48.6 Å². The summed E-state index contributed by atoms with van der Waals surface area (Å²) in [7, 11) is 0. The Kier molecular flexibility index (Phi) is 14.7. The van der Waals surface area contributed by atoms with Crippen molar-refractivity contribution in [3.8, 4) is 12.1 Å². The quantitative estimate of drug-likeness (QED) is 0.133. The predicted octanol–water partition coefficient (Wildman–Crippen LogP) is 10.2. The highest BCUT2D eigenvalue weighted by Crippen LogP contribution is 2.32. The molecule has 2 amide bonds. The fraction of sp³-hybridized carbons (Fsp3) is 0.286. The van der Waals surface area contributed by atoms with Gasteiger partial charge in [0, 0.05) is 97.8 Å². The molecule has 11 heteroatoms. The number of fused-ring (bicyclic) bond motifs is 1. The third kappa shape index (κ3) is 11.4. The number of benzene rings is 4. The lowest BCUT2D eigenvalue weighted by Crippen LogP contribution is -2.38. The summed E-state index contributed by atoms with van der Waals surface area (Å²) < 4.78 is 0. The molecule has 3 aliphatic rings. The molecular weight excluding hydrogens is 849 g/mol. The van der Waals surface area contributed by atoms with E-state index in [1.165, 1.54) is 22.3 Å². The average Bonchev–Trinajstić information content (AvgIpc) is 3.78. The summed E-state index contributed by atoms with van der Waals surface area (Å²) in [5, 5.41) is 18.0. The molecule has 9 rings (SSSR count). The maximum absolute atomic E-state index is 13.3. The second-order valence-corrected chi connectivity index (χ2v) is 18.5. The molecule has 10 nitrogen and oxygen atoms in total. The Balaban J connectivity index is 0.000000182. The fourth-order valence-corrected chi connectivity index (χ4v) is 9.65. The van der Waals surface area contributed by atoms with Gasteiger partial charge in [-0.2, -0.15) is 10.5 Å². The lowest BCUT2D eigenvalue weighted by Gasteiger charge is -2.32. The Hall–Kier alpha value is -7.34. The molecular formula is C56H54N8O2S. The molecule has 67 heavy (non-hydrogen) atoms. The van der Waals surface area contributed by atoms with Crippen molar-refractivity contribution in [3.63, 3.8) is 0 Å². The normalized spacial score (nSPS) is 14.8. The molecule has 0 bridgehead atoms. The van der Waals surface area contributed by atoms with Gasteiger partial charge in [-0.15, -0.1) is 0 Å². The number of nitrogens with zero attached hydrogens (tertiary/aromatic N) is 7. The van der Waals surface area contributed by atoms with E-state index in [4.69, 9.17) is 33.5 Å². The first kappa shape index (κ1) is 46.2. The van der Waals surface area contributed by atoms with Crippen LogP contribution in [-0.2, 0) is 25.7 Å². The summed E-state index contributed by atoms with van der Waals surface area (Å²) in [6.45, 7) is 7.10. The number of nitriles is 2. The largest absolute Gasteiger partial charge is 0.398 e. The van der Waals surface area contributed by atoms with Crippen LogP contribution in [0, 0.1) is 36.5 Å². The van der Waals surface area contributed by atoms with Gasteiger partial charge in [0.25, 0.3) is 11.8 Å². The molecule has 4 aromatic carbocycles. The van der Waals surface area contributed by atoms with Crippen molar-refractivity contribution in [3.05, 3.63) is 189 Å². The van der Waals surface area contributed by atoms with Crippen LogP contribution in [-0.4, -0.2) is 68.3 Å². The highest BCUT2D eigenvalue weighted by Gasteiger charge is 2.27. The minimum atomic E-state index is 0.0713. The van der Waals surface area contributed by atoms with Gasteiger partial charge < -0.3 is 15.5 Å². The maximum Gasteiger partial charge on any atom is 0.253 e. The minimum Gasteiger partial charge on any atom is -0.398 e. The van der Waals surface area contributed by atoms with E-state index in [-0.39, 0.29) is 11.8 Å². The maximum atomic E-state index is 13.3. The summed E-state index contributed by atoms with van der Waals surface area (Å²) in [5.41, 5.74) is 20.8. The molecule has 0 saturated carbocycles. The number of amides is 2. The molecule has 2 fully saturated rings. The number of carbonyl (C=O) groups excluding carboxylic acids is 2. The first-order valence-electron chi connectivity index (χ1n) is 23.0. The van der Waals surface area contributed by atoms with Crippen LogP contribution < -0.4 is 5.73 Å². The summed E-state index contributed by atoms with van der Waals surface area (Å²) in [5.74, 6) is 1.03. The zero-order valence-electron chi connectivity index (χ0n) is 38.1. The number of nitrogen functional groups attached to an aromatic ring is 1. The van der Waals surface area contributed by atoms with Crippen LogP contribution >= 0.6 is 12.2 Å². The smallest absolute Gasteiger partial charge is 0.253 e. The molecule has 2 N–H and O–H groups in total. The molecule has 0 aliphatic carbocycles. The van der Waals surface area contributed by atoms with Crippen molar-refractivity contribution < 1.29 is 9.59 Å². The lowest BCUT2D eigenvalue weighted by atomic mass is 9.88. The predicted molar refractivity (Wildman–Crippen MR) is 268 cm³/mol. The monoisotopic (exact) mass is 902 g/mol. The third-order valence-electron chi connectivity index (χ3n) is 13.5. The number of aromatic nitrogens is 2. The van der Waals surface area contributed by atoms with Crippen LogP contribution in [0.2, 0.25) is 0 Å². The van der Waals surface area contributed by atoms with E-state index in [0.29, 0.717) is 47.1 Å². The van der Waals surface area contributed by atoms with Crippen molar-refractivity contribution in [2.24, 2.45) is 4.99 Å². The van der Waals surface area contributed by atoms with E-state index in [9.17, 15) is 9.59 Å². The Morgan fingerprint density at radius 1 is 0.657 bits per heavy atom. The molecule has 3 aliphatic heterocycles. The van der Waals surface area contributed by atoms with Crippen LogP contribution in [0.25, 0.3) is 0 Å². The van der Waals surface area contributed by atoms with Gasteiger partial charge in [0.15, 0.2) is 0 Å². The van der Waals surface area contributed by atoms with Crippen molar-refractivity contribution in [2.45, 2.75) is 77.0 Å². The molecule has 336 valence electrons. The highest BCUT2D eigenvalue weighted by molar-refractivity contribution is 7.80. The number of piperidine rings is 2. The van der Waals surface area contributed by atoms with E-state index < -0.39 is 0 Å². The van der Waals surface area contributed by atoms with Crippen molar-refractivity contribution in [1.29, 1.82) is 10.5 Å². The van der Waals surface area contributed by atoms with Crippen molar-refractivity contribution in [1.82, 2.24) is 19.8 Å². The van der Waals surface area contributed by atoms with Crippen molar-refractivity contribution in [2.75, 3.05) is 31.9 Å². The first-order chi connectivity index (χ1) is 32.5. The second kappa shape index (κ2) is 21.3. The van der Waals surface area contributed by atoms with Gasteiger partial charge in [0.1, 0.15) is 0 Å². The summed E-state index contributed by atoms with van der Waals surface area (Å²) in [6, 6.07) is 35.8. The number of carbonyl (C=O) groups is 2. The Morgan fingerprint density at radius 2 is 1.15 bits per heavy atom. The highest BCUT2D eigenvalue weighted by atomic mass is 32.1.